The van der Waals surface area contributed by atoms with E-state index in [1.54, 1.807) is 6.20 Å². The normalized spacial score (nSPS) is 10.8. The summed E-state index contributed by atoms with van der Waals surface area (Å²) in [4.78, 5) is 6.37. The van der Waals surface area contributed by atoms with Gasteiger partial charge in [0, 0.05) is 49.2 Å². The Hall–Kier alpha value is -3.27. The molecule has 4 heteroatoms. The van der Waals surface area contributed by atoms with Crippen molar-refractivity contribution < 1.29 is 4.42 Å². The monoisotopic (exact) mass is 343 g/mol. The lowest BCUT2D eigenvalue weighted by Crippen LogP contribution is -2.09. The van der Waals surface area contributed by atoms with Crippen molar-refractivity contribution in [2.75, 3.05) is 24.3 Å². The number of pyridine rings is 1. The molecule has 0 amide bonds. The molecule has 0 atom stereocenters. The second-order valence-electron chi connectivity index (χ2n) is 6.51. The fraction of sp³-hybridized carbons (Fsp3) is 0.136. The molecule has 0 fully saturated rings. The quantitative estimate of drug-likeness (QED) is 0.542. The van der Waals surface area contributed by atoms with E-state index in [0.717, 1.165) is 28.9 Å². The van der Waals surface area contributed by atoms with Gasteiger partial charge in [-0.3, -0.25) is 0 Å². The number of nitrogens with one attached hydrogen (secondary N) is 1. The van der Waals surface area contributed by atoms with Gasteiger partial charge in [-0.05, 0) is 48.0 Å². The molecule has 2 heterocycles. The third-order valence-corrected chi connectivity index (χ3v) is 4.36. The maximum absolute atomic E-state index is 5.87. The van der Waals surface area contributed by atoms with Crippen LogP contribution in [0.4, 0.5) is 11.4 Å². The summed E-state index contributed by atoms with van der Waals surface area (Å²) in [6, 6.07) is 22.7. The average molecular weight is 343 g/mol. The minimum Gasteiger partial charge on any atom is -0.438 e. The van der Waals surface area contributed by atoms with Gasteiger partial charge in [0.2, 0.25) is 5.71 Å². The number of aromatic nitrogens is 1. The number of benzene rings is 2. The second-order valence-corrected chi connectivity index (χ2v) is 6.51. The summed E-state index contributed by atoms with van der Waals surface area (Å²) in [6.07, 6.45) is 1.75. The first kappa shape index (κ1) is 16.2. The number of furan rings is 1. The molecule has 0 bridgehead atoms. The maximum Gasteiger partial charge on any atom is 0.226 e. The summed E-state index contributed by atoms with van der Waals surface area (Å²) >= 11 is 0. The lowest BCUT2D eigenvalue weighted by atomic mass is 10.1. The van der Waals surface area contributed by atoms with Crippen LogP contribution in [-0.4, -0.2) is 19.1 Å². The van der Waals surface area contributed by atoms with E-state index in [1.165, 1.54) is 11.3 Å². The van der Waals surface area contributed by atoms with Crippen LogP contribution in [0.2, 0.25) is 0 Å². The third kappa shape index (κ3) is 3.40. The lowest BCUT2D eigenvalue weighted by molar-refractivity contribution is 0.618. The molecular formula is C22H21N3O. The number of rotatable bonds is 5. The predicted molar refractivity (Wildman–Crippen MR) is 108 cm³/mol. The van der Waals surface area contributed by atoms with Crippen molar-refractivity contribution in [1.82, 2.24) is 4.98 Å². The van der Waals surface area contributed by atoms with Crippen molar-refractivity contribution >= 4 is 22.5 Å². The largest absolute Gasteiger partial charge is 0.438 e. The molecule has 0 saturated carbocycles. The Balaban J connectivity index is 1.53. The smallest absolute Gasteiger partial charge is 0.226 e. The Morgan fingerprint density at radius 2 is 1.85 bits per heavy atom. The molecule has 0 unspecified atom stereocenters. The number of hydrogen-bond donors (Lipinski definition) is 1. The molecule has 0 aliphatic rings. The summed E-state index contributed by atoms with van der Waals surface area (Å²) in [5, 5.41) is 4.51. The predicted octanol–water partition coefficient (Wildman–Crippen LogP) is 5.17. The second kappa shape index (κ2) is 6.92. The van der Waals surface area contributed by atoms with Gasteiger partial charge in [0.25, 0.3) is 0 Å². The summed E-state index contributed by atoms with van der Waals surface area (Å²) < 4.78 is 5.87. The molecular weight excluding hydrogens is 322 g/mol. The van der Waals surface area contributed by atoms with E-state index in [4.69, 9.17) is 4.42 Å². The summed E-state index contributed by atoms with van der Waals surface area (Å²) in [7, 11) is 4.11. The number of anilines is 2. The van der Waals surface area contributed by atoms with Crippen molar-refractivity contribution in [3.8, 4) is 11.3 Å². The van der Waals surface area contributed by atoms with Gasteiger partial charge in [-0.15, -0.1) is 0 Å². The zero-order valence-electron chi connectivity index (χ0n) is 14.9. The fourth-order valence-electron chi connectivity index (χ4n) is 2.95. The molecule has 0 aliphatic carbocycles. The highest BCUT2D eigenvalue weighted by Crippen LogP contribution is 2.28. The van der Waals surface area contributed by atoms with Crippen LogP contribution >= 0.6 is 0 Å². The molecule has 2 aromatic heterocycles. The summed E-state index contributed by atoms with van der Waals surface area (Å²) in [5.41, 5.74) is 5.21. The Labute approximate surface area is 153 Å². The number of nitrogens with zero attached hydrogens (tertiary/aromatic N) is 2. The van der Waals surface area contributed by atoms with Gasteiger partial charge >= 0.3 is 0 Å². The molecule has 0 aliphatic heterocycles. The zero-order chi connectivity index (χ0) is 17.9. The van der Waals surface area contributed by atoms with Gasteiger partial charge in [-0.2, -0.15) is 0 Å². The van der Waals surface area contributed by atoms with Crippen LogP contribution in [0.25, 0.3) is 22.4 Å². The van der Waals surface area contributed by atoms with E-state index in [1.807, 2.05) is 24.3 Å². The molecule has 0 saturated heterocycles. The van der Waals surface area contributed by atoms with E-state index < -0.39 is 0 Å². The highest BCUT2D eigenvalue weighted by molar-refractivity contribution is 5.80. The fourth-order valence-corrected chi connectivity index (χ4v) is 2.95. The molecule has 0 radical (unpaired) electrons. The van der Waals surface area contributed by atoms with Crippen LogP contribution in [0.3, 0.4) is 0 Å². The number of hydrogen-bond acceptors (Lipinski definition) is 4. The van der Waals surface area contributed by atoms with Crippen molar-refractivity contribution in [3.05, 3.63) is 78.5 Å². The minimum atomic E-state index is 0.668. The Bertz CT molecular complexity index is 1000. The maximum atomic E-state index is 5.87. The number of fused-ring (bicyclic) bond motifs is 1. The van der Waals surface area contributed by atoms with E-state index in [2.05, 4.69) is 71.8 Å². The van der Waals surface area contributed by atoms with E-state index in [9.17, 15) is 0 Å². The third-order valence-electron chi connectivity index (χ3n) is 4.36. The van der Waals surface area contributed by atoms with Gasteiger partial charge in [0.1, 0.15) is 5.76 Å². The van der Waals surface area contributed by atoms with E-state index in [-0.39, 0.29) is 0 Å². The molecule has 4 rings (SSSR count). The molecule has 2 aromatic carbocycles. The molecule has 130 valence electrons. The van der Waals surface area contributed by atoms with Gasteiger partial charge < -0.3 is 14.6 Å². The first-order chi connectivity index (χ1) is 12.7. The highest BCUT2D eigenvalue weighted by Gasteiger charge is 2.07. The van der Waals surface area contributed by atoms with Crippen LogP contribution in [0.15, 0.2) is 77.3 Å². The molecule has 4 aromatic rings. The Morgan fingerprint density at radius 1 is 0.962 bits per heavy atom. The lowest BCUT2D eigenvalue weighted by Gasteiger charge is -2.14. The first-order valence-corrected chi connectivity index (χ1v) is 8.64. The van der Waals surface area contributed by atoms with Gasteiger partial charge in [-0.25, -0.2) is 4.98 Å². The van der Waals surface area contributed by atoms with Crippen molar-refractivity contribution in [2.45, 2.75) is 6.54 Å². The molecule has 26 heavy (non-hydrogen) atoms. The highest BCUT2D eigenvalue weighted by atomic mass is 16.3. The van der Waals surface area contributed by atoms with Crippen LogP contribution in [0, 0.1) is 0 Å². The van der Waals surface area contributed by atoms with Crippen LogP contribution in [0.5, 0.6) is 0 Å². The SMILES string of the molecule is CN(C)c1cccc(CNc2cccc(-c3cc4cccnc4o3)c2)c1. The minimum absolute atomic E-state index is 0.668. The zero-order valence-corrected chi connectivity index (χ0v) is 14.9. The summed E-state index contributed by atoms with van der Waals surface area (Å²) in [5.74, 6) is 0.831. The van der Waals surface area contributed by atoms with Crippen LogP contribution in [0.1, 0.15) is 5.56 Å². The van der Waals surface area contributed by atoms with Crippen molar-refractivity contribution in [1.29, 1.82) is 0 Å². The Kier molecular flexibility index (Phi) is 4.32. The Morgan fingerprint density at radius 3 is 2.69 bits per heavy atom. The molecule has 1 N–H and O–H groups in total. The van der Waals surface area contributed by atoms with Crippen molar-refractivity contribution in [3.63, 3.8) is 0 Å². The van der Waals surface area contributed by atoms with Gasteiger partial charge in [0.05, 0.1) is 0 Å². The first-order valence-electron chi connectivity index (χ1n) is 8.64. The molecule has 4 nitrogen and oxygen atoms in total. The van der Waals surface area contributed by atoms with Crippen molar-refractivity contribution in [2.24, 2.45) is 0 Å². The summed E-state index contributed by atoms with van der Waals surface area (Å²) in [6.45, 7) is 0.771. The topological polar surface area (TPSA) is 41.3 Å². The van der Waals surface area contributed by atoms with E-state index in [0.29, 0.717) is 5.71 Å². The van der Waals surface area contributed by atoms with Gasteiger partial charge in [-0.1, -0.05) is 24.3 Å². The van der Waals surface area contributed by atoms with Crippen LogP contribution in [-0.2, 0) is 6.54 Å². The molecule has 0 spiro atoms. The standard InChI is InChI=1S/C22H21N3O/c1-25(2)20-10-3-6-16(12-20)15-24-19-9-4-7-17(13-19)21-14-18-8-5-11-23-22(18)26-21/h3-14,24H,15H2,1-2H3. The van der Waals surface area contributed by atoms with E-state index >= 15 is 0 Å². The average Bonchev–Trinajstić information content (AvgIpc) is 3.11. The van der Waals surface area contributed by atoms with Crippen LogP contribution < -0.4 is 10.2 Å². The van der Waals surface area contributed by atoms with Gasteiger partial charge in [0.15, 0.2) is 0 Å².